The molecule has 0 spiro atoms. The number of nitrogens with zero attached hydrogens (tertiary/aromatic N) is 3. The molecule has 0 bridgehead atoms. The van der Waals surface area contributed by atoms with E-state index < -0.39 is 19.1 Å². The monoisotopic (exact) mass is 258 g/mol. The third-order valence-corrected chi connectivity index (χ3v) is 2.28. The van der Waals surface area contributed by atoms with Crippen molar-refractivity contribution < 1.29 is 13.9 Å². The average molecular weight is 258 g/mol. The second kappa shape index (κ2) is 4.69. The summed E-state index contributed by atoms with van der Waals surface area (Å²) in [5, 5.41) is 20.6. The van der Waals surface area contributed by atoms with Crippen LogP contribution in [0.15, 0.2) is 6.20 Å². The molecular formula is C9H12F2N6O. The molecule has 0 saturated heterocycles. The molecule has 0 aliphatic heterocycles. The van der Waals surface area contributed by atoms with Crippen molar-refractivity contribution in [3.05, 3.63) is 6.20 Å². The van der Waals surface area contributed by atoms with Crippen LogP contribution in [0.1, 0.15) is 0 Å². The summed E-state index contributed by atoms with van der Waals surface area (Å²) in [7, 11) is 1.61. The number of aromatic nitrogens is 4. The van der Waals surface area contributed by atoms with Crippen molar-refractivity contribution in [3.63, 3.8) is 0 Å². The lowest BCUT2D eigenvalue weighted by Gasteiger charge is -2.15. The Hall–Kier alpha value is -2.03. The van der Waals surface area contributed by atoms with Gasteiger partial charge >= 0.3 is 0 Å². The first kappa shape index (κ1) is 12.4. The third-order valence-electron chi connectivity index (χ3n) is 2.28. The molecule has 2 rings (SSSR count). The Morgan fingerprint density at radius 2 is 2.22 bits per heavy atom. The molecule has 0 radical (unpaired) electrons. The Morgan fingerprint density at radius 1 is 1.44 bits per heavy atom. The van der Waals surface area contributed by atoms with Crippen LogP contribution in [0.4, 0.5) is 20.5 Å². The van der Waals surface area contributed by atoms with Crippen molar-refractivity contribution >= 4 is 22.8 Å². The minimum Gasteiger partial charge on any atom is -0.390 e. The van der Waals surface area contributed by atoms with Crippen LogP contribution in [0.3, 0.4) is 0 Å². The van der Waals surface area contributed by atoms with Crippen molar-refractivity contribution in [2.24, 2.45) is 0 Å². The van der Waals surface area contributed by atoms with Crippen molar-refractivity contribution in [3.8, 4) is 0 Å². The summed E-state index contributed by atoms with van der Waals surface area (Å²) < 4.78 is 25.9. The number of halogens is 2. The molecule has 0 fully saturated rings. The van der Waals surface area contributed by atoms with Gasteiger partial charge in [-0.25, -0.2) is 8.78 Å². The molecule has 0 aromatic carbocycles. The Kier molecular flexibility index (Phi) is 3.24. The Bertz CT molecular complexity index is 543. The molecule has 7 nitrogen and oxygen atoms in total. The summed E-state index contributed by atoms with van der Waals surface area (Å²) in [6.07, 6.45) is 1.44. The molecule has 2 aromatic heterocycles. The van der Waals surface area contributed by atoms with E-state index in [9.17, 15) is 8.78 Å². The summed E-state index contributed by atoms with van der Waals surface area (Å²) in [6, 6.07) is 0. The van der Waals surface area contributed by atoms with E-state index in [1.165, 1.54) is 6.20 Å². The third kappa shape index (κ3) is 2.45. The van der Waals surface area contributed by atoms with Crippen molar-refractivity contribution in [1.29, 1.82) is 0 Å². The lowest BCUT2D eigenvalue weighted by molar-refractivity contribution is -0.0373. The van der Waals surface area contributed by atoms with Crippen LogP contribution in [0, 0.1) is 0 Å². The lowest BCUT2D eigenvalue weighted by atomic mass is 10.3. The number of fused-ring (bicyclic) bond motifs is 1. The normalized spacial score (nSPS) is 11.8. The first-order valence-electron chi connectivity index (χ1n) is 5.17. The number of rotatable bonds is 5. The molecular weight excluding hydrogens is 246 g/mol. The molecule has 0 atom stereocenters. The highest BCUT2D eigenvalue weighted by Crippen LogP contribution is 2.21. The highest BCUT2D eigenvalue weighted by molar-refractivity contribution is 5.86. The largest absolute Gasteiger partial charge is 0.390 e. The zero-order chi connectivity index (χ0) is 13.2. The number of anilines is 2. The highest BCUT2D eigenvalue weighted by atomic mass is 19.3. The topological polar surface area (TPSA) is 98.8 Å². The average Bonchev–Trinajstić information content (AvgIpc) is 2.84. The van der Waals surface area contributed by atoms with E-state index in [0.29, 0.717) is 11.0 Å². The maximum atomic E-state index is 13.0. The fraction of sp³-hybridized carbons (Fsp3) is 0.444. The maximum absolute atomic E-state index is 13.0. The van der Waals surface area contributed by atoms with Gasteiger partial charge in [-0.15, -0.1) is 0 Å². The molecule has 2 heterocycles. The minimum absolute atomic E-state index is 0.228. The summed E-state index contributed by atoms with van der Waals surface area (Å²) in [5.74, 6) is -2.70. The SMILES string of the molecule is CNc1nc(NCC(F)(F)CO)c2cn[nH]c2n1. The van der Waals surface area contributed by atoms with Crippen LogP contribution in [-0.2, 0) is 0 Å². The van der Waals surface area contributed by atoms with Crippen LogP contribution in [0.25, 0.3) is 11.0 Å². The van der Waals surface area contributed by atoms with Crippen LogP contribution in [-0.4, -0.2) is 51.4 Å². The summed E-state index contributed by atoms with van der Waals surface area (Å²) in [5.41, 5.74) is 0.434. The smallest absolute Gasteiger partial charge is 0.287 e. The number of nitrogens with one attached hydrogen (secondary N) is 3. The predicted molar refractivity (Wildman–Crippen MR) is 61.8 cm³/mol. The molecule has 9 heteroatoms. The van der Waals surface area contributed by atoms with Gasteiger partial charge in [0.05, 0.1) is 18.1 Å². The standard InChI is InChI=1S/C9H12F2N6O/c1-12-8-15-6(13-3-9(10,11)4-18)5-2-14-17-7(5)16-8/h2,18H,3-4H2,1H3,(H3,12,13,14,15,16,17). The highest BCUT2D eigenvalue weighted by Gasteiger charge is 2.27. The van der Waals surface area contributed by atoms with Gasteiger partial charge in [-0.1, -0.05) is 0 Å². The lowest BCUT2D eigenvalue weighted by Crippen LogP contribution is -2.31. The van der Waals surface area contributed by atoms with Crippen molar-refractivity contribution in [1.82, 2.24) is 20.2 Å². The molecule has 0 unspecified atom stereocenters. The number of alkyl halides is 2. The van der Waals surface area contributed by atoms with Gasteiger partial charge in [0, 0.05) is 7.05 Å². The number of aromatic amines is 1. The zero-order valence-electron chi connectivity index (χ0n) is 9.54. The van der Waals surface area contributed by atoms with E-state index in [0.717, 1.165) is 0 Å². The molecule has 0 aliphatic carbocycles. The van der Waals surface area contributed by atoms with E-state index in [1.54, 1.807) is 7.05 Å². The first-order chi connectivity index (χ1) is 8.55. The van der Waals surface area contributed by atoms with Gasteiger partial charge in [0.15, 0.2) is 5.65 Å². The van der Waals surface area contributed by atoms with Crippen molar-refractivity contribution in [2.75, 3.05) is 30.8 Å². The van der Waals surface area contributed by atoms with Gasteiger partial charge in [0.1, 0.15) is 12.4 Å². The second-order valence-corrected chi connectivity index (χ2v) is 3.65. The minimum atomic E-state index is -3.21. The zero-order valence-corrected chi connectivity index (χ0v) is 9.54. The van der Waals surface area contributed by atoms with Gasteiger partial charge in [-0.05, 0) is 0 Å². The van der Waals surface area contributed by atoms with Crippen LogP contribution in [0.5, 0.6) is 0 Å². The summed E-state index contributed by atoms with van der Waals surface area (Å²) in [6.45, 7) is -1.94. The maximum Gasteiger partial charge on any atom is 0.287 e. The van der Waals surface area contributed by atoms with Crippen LogP contribution in [0.2, 0.25) is 0 Å². The second-order valence-electron chi connectivity index (χ2n) is 3.65. The number of H-pyrrole nitrogens is 1. The van der Waals surface area contributed by atoms with Gasteiger partial charge in [-0.2, -0.15) is 15.1 Å². The molecule has 0 amide bonds. The number of hydrogen-bond donors (Lipinski definition) is 4. The summed E-state index contributed by atoms with van der Waals surface area (Å²) in [4.78, 5) is 8.08. The van der Waals surface area contributed by atoms with E-state index in [-0.39, 0.29) is 11.8 Å². The molecule has 0 saturated carbocycles. The number of hydrogen-bond acceptors (Lipinski definition) is 6. The fourth-order valence-electron chi connectivity index (χ4n) is 1.35. The Morgan fingerprint density at radius 3 is 2.89 bits per heavy atom. The fourth-order valence-corrected chi connectivity index (χ4v) is 1.35. The van der Waals surface area contributed by atoms with Crippen LogP contribution >= 0.6 is 0 Å². The summed E-state index contributed by atoms with van der Waals surface area (Å²) >= 11 is 0. The van der Waals surface area contributed by atoms with Gasteiger partial charge < -0.3 is 15.7 Å². The van der Waals surface area contributed by atoms with Crippen LogP contribution < -0.4 is 10.6 Å². The first-order valence-corrected chi connectivity index (χ1v) is 5.17. The number of aliphatic hydroxyl groups is 1. The van der Waals surface area contributed by atoms with Gasteiger partial charge in [0.25, 0.3) is 5.92 Å². The Balaban J connectivity index is 2.28. The molecule has 98 valence electrons. The quantitative estimate of drug-likeness (QED) is 0.621. The molecule has 18 heavy (non-hydrogen) atoms. The predicted octanol–water partition coefficient (Wildman–Crippen LogP) is 0.434. The molecule has 0 aliphatic rings. The van der Waals surface area contributed by atoms with Crippen molar-refractivity contribution in [2.45, 2.75) is 5.92 Å². The van der Waals surface area contributed by atoms with Gasteiger partial charge in [-0.3, -0.25) is 5.10 Å². The van der Waals surface area contributed by atoms with E-state index in [1.807, 2.05) is 0 Å². The Labute approximate surface area is 101 Å². The molecule has 4 N–H and O–H groups in total. The molecule has 2 aromatic rings. The van der Waals surface area contributed by atoms with E-state index in [2.05, 4.69) is 30.8 Å². The van der Waals surface area contributed by atoms with Gasteiger partial charge in [0.2, 0.25) is 5.95 Å². The number of aliphatic hydroxyl groups excluding tert-OH is 1. The van der Waals surface area contributed by atoms with E-state index in [4.69, 9.17) is 5.11 Å². The van der Waals surface area contributed by atoms with E-state index >= 15 is 0 Å².